The standard InChI is InChI=1S/C19H23N3O3S/c1-26(24,25)21-8-6-19(7-9-21)10-15(18(19)23)17-14-5-3-2-4-13(14)16-11-20-12-22(16)17/h2-5,11-12,15,17-18,23H,6-10H2,1H3/t15?,17-,18+/m1/s1. The summed E-state index contributed by atoms with van der Waals surface area (Å²) in [6, 6.07) is 8.48. The van der Waals surface area contributed by atoms with Crippen LogP contribution in [0.5, 0.6) is 0 Å². The van der Waals surface area contributed by atoms with Gasteiger partial charge in [0, 0.05) is 24.6 Å². The van der Waals surface area contributed by atoms with E-state index in [1.165, 1.54) is 21.7 Å². The van der Waals surface area contributed by atoms with E-state index in [9.17, 15) is 13.5 Å². The molecule has 5 rings (SSSR count). The van der Waals surface area contributed by atoms with E-state index in [4.69, 9.17) is 0 Å². The second kappa shape index (κ2) is 5.41. The Hall–Kier alpha value is -1.70. The molecule has 0 bridgehead atoms. The molecule has 2 fully saturated rings. The number of piperidine rings is 1. The highest BCUT2D eigenvalue weighted by atomic mass is 32.2. The molecule has 1 aromatic heterocycles. The lowest BCUT2D eigenvalue weighted by molar-refractivity contribution is -0.152. The van der Waals surface area contributed by atoms with Crippen molar-refractivity contribution in [2.24, 2.45) is 11.3 Å². The van der Waals surface area contributed by atoms with Gasteiger partial charge in [0.15, 0.2) is 0 Å². The zero-order chi connectivity index (χ0) is 18.1. The van der Waals surface area contributed by atoms with Crippen LogP contribution < -0.4 is 0 Å². The van der Waals surface area contributed by atoms with E-state index in [1.54, 1.807) is 0 Å². The lowest BCUT2D eigenvalue weighted by Crippen LogP contribution is -2.59. The van der Waals surface area contributed by atoms with Crippen molar-refractivity contribution in [2.75, 3.05) is 19.3 Å². The maximum Gasteiger partial charge on any atom is 0.211 e. The Balaban J connectivity index is 1.40. The molecule has 7 heteroatoms. The predicted octanol–water partition coefficient (Wildman–Crippen LogP) is 1.88. The number of imidazole rings is 1. The SMILES string of the molecule is CS(=O)(=O)N1CCC2(CC1)CC([C@H]1c3ccccc3-c3cncn31)[C@@H]2O. The molecule has 3 atom stereocenters. The van der Waals surface area contributed by atoms with Crippen LogP contribution in [-0.2, 0) is 10.0 Å². The van der Waals surface area contributed by atoms with Gasteiger partial charge in [0.25, 0.3) is 0 Å². The minimum Gasteiger partial charge on any atom is -0.392 e. The second-order valence-corrected chi connectivity index (χ2v) is 10.0. The van der Waals surface area contributed by atoms with Crippen LogP contribution in [0.3, 0.4) is 0 Å². The van der Waals surface area contributed by atoms with Gasteiger partial charge in [0.05, 0.1) is 36.6 Å². The molecule has 1 aliphatic carbocycles. The van der Waals surface area contributed by atoms with Gasteiger partial charge in [-0.3, -0.25) is 0 Å². The number of aliphatic hydroxyl groups is 1. The maximum atomic E-state index is 11.8. The van der Waals surface area contributed by atoms with E-state index in [1.807, 2.05) is 18.6 Å². The third-order valence-electron chi connectivity index (χ3n) is 6.79. The summed E-state index contributed by atoms with van der Waals surface area (Å²) in [6.07, 6.45) is 7.03. The number of nitrogens with zero attached hydrogens (tertiary/aromatic N) is 3. The molecule has 0 amide bonds. The van der Waals surface area contributed by atoms with Crippen LogP contribution in [0.4, 0.5) is 0 Å². The molecule has 1 saturated heterocycles. The molecule has 26 heavy (non-hydrogen) atoms. The number of aromatic nitrogens is 2. The van der Waals surface area contributed by atoms with Gasteiger partial charge >= 0.3 is 0 Å². The number of hydrogen-bond donors (Lipinski definition) is 1. The Morgan fingerprint density at radius 3 is 2.65 bits per heavy atom. The van der Waals surface area contributed by atoms with Crippen molar-refractivity contribution in [3.8, 4) is 11.3 Å². The normalized spacial score (nSPS) is 30.0. The molecule has 0 radical (unpaired) electrons. The number of sulfonamides is 1. The molecule has 3 heterocycles. The number of rotatable bonds is 2. The smallest absolute Gasteiger partial charge is 0.211 e. The van der Waals surface area contributed by atoms with Gasteiger partial charge in [-0.1, -0.05) is 24.3 Å². The third-order valence-corrected chi connectivity index (χ3v) is 8.09. The van der Waals surface area contributed by atoms with E-state index in [2.05, 4.69) is 27.8 Å². The molecule has 1 aromatic carbocycles. The fraction of sp³-hybridized carbons (Fsp3) is 0.526. The van der Waals surface area contributed by atoms with Crippen LogP contribution in [-0.4, -0.2) is 52.8 Å². The Kier molecular flexibility index (Phi) is 3.42. The van der Waals surface area contributed by atoms with Crippen molar-refractivity contribution in [3.05, 3.63) is 42.4 Å². The second-order valence-electron chi connectivity index (χ2n) is 8.06. The lowest BCUT2D eigenvalue weighted by Gasteiger charge is -2.57. The fourth-order valence-corrected chi connectivity index (χ4v) is 6.20. The molecule has 138 valence electrons. The van der Waals surface area contributed by atoms with Gasteiger partial charge in [-0.2, -0.15) is 0 Å². The highest BCUT2D eigenvalue weighted by molar-refractivity contribution is 7.88. The highest BCUT2D eigenvalue weighted by Crippen LogP contribution is 2.59. The Morgan fingerprint density at radius 2 is 1.96 bits per heavy atom. The molecular weight excluding hydrogens is 350 g/mol. The number of fused-ring (bicyclic) bond motifs is 3. The molecule has 2 aliphatic heterocycles. The Bertz CT molecular complexity index is 960. The number of hydrogen-bond acceptors (Lipinski definition) is 4. The molecule has 1 N–H and O–H groups in total. The summed E-state index contributed by atoms with van der Waals surface area (Å²) < 4.78 is 27.2. The monoisotopic (exact) mass is 373 g/mol. The maximum absolute atomic E-state index is 11.8. The fourth-order valence-electron chi connectivity index (χ4n) is 5.35. The van der Waals surface area contributed by atoms with Gasteiger partial charge in [-0.05, 0) is 30.2 Å². The average molecular weight is 373 g/mol. The summed E-state index contributed by atoms with van der Waals surface area (Å²) in [5.74, 6) is 0.149. The summed E-state index contributed by atoms with van der Waals surface area (Å²) in [5.41, 5.74) is 3.45. The first-order valence-electron chi connectivity index (χ1n) is 9.15. The van der Waals surface area contributed by atoms with E-state index in [-0.39, 0.29) is 17.4 Å². The zero-order valence-electron chi connectivity index (χ0n) is 14.7. The summed E-state index contributed by atoms with van der Waals surface area (Å²) >= 11 is 0. The molecule has 1 spiro atoms. The molecule has 2 aromatic rings. The van der Waals surface area contributed by atoms with Gasteiger partial charge in [0.2, 0.25) is 10.0 Å². The Morgan fingerprint density at radius 1 is 1.23 bits per heavy atom. The topological polar surface area (TPSA) is 75.4 Å². The summed E-state index contributed by atoms with van der Waals surface area (Å²) in [5, 5.41) is 11.1. The summed E-state index contributed by atoms with van der Waals surface area (Å²) in [6.45, 7) is 1.03. The first-order valence-corrected chi connectivity index (χ1v) is 11.0. The lowest BCUT2D eigenvalue weighted by atomic mass is 9.53. The van der Waals surface area contributed by atoms with Crippen LogP contribution in [0, 0.1) is 11.3 Å². The van der Waals surface area contributed by atoms with Crippen molar-refractivity contribution >= 4 is 10.0 Å². The number of benzene rings is 1. The van der Waals surface area contributed by atoms with E-state index >= 15 is 0 Å². The largest absolute Gasteiger partial charge is 0.392 e. The average Bonchev–Trinajstić information content (AvgIpc) is 3.20. The molecule has 1 saturated carbocycles. The van der Waals surface area contributed by atoms with Crippen LogP contribution in [0.2, 0.25) is 0 Å². The van der Waals surface area contributed by atoms with Crippen LogP contribution >= 0.6 is 0 Å². The van der Waals surface area contributed by atoms with Gasteiger partial charge in [-0.25, -0.2) is 17.7 Å². The van der Waals surface area contributed by atoms with Gasteiger partial charge < -0.3 is 9.67 Å². The zero-order valence-corrected chi connectivity index (χ0v) is 15.6. The number of aliphatic hydroxyl groups excluding tert-OH is 1. The molecule has 6 nitrogen and oxygen atoms in total. The van der Waals surface area contributed by atoms with E-state index in [0.29, 0.717) is 13.1 Å². The molecule has 3 aliphatic rings. The first-order chi connectivity index (χ1) is 12.4. The van der Waals surface area contributed by atoms with Gasteiger partial charge in [0.1, 0.15) is 0 Å². The van der Waals surface area contributed by atoms with E-state index in [0.717, 1.165) is 25.0 Å². The first kappa shape index (κ1) is 16.5. The Labute approximate surface area is 153 Å². The van der Waals surface area contributed by atoms with Crippen LogP contribution in [0.1, 0.15) is 30.9 Å². The van der Waals surface area contributed by atoms with Crippen LogP contribution in [0.25, 0.3) is 11.3 Å². The van der Waals surface area contributed by atoms with Crippen molar-refractivity contribution in [2.45, 2.75) is 31.4 Å². The van der Waals surface area contributed by atoms with Gasteiger partial charge in [-0.15, -0.1) is 0 Å². The molecule has 1 unspecified atom stereocenters. The van der Waals surface area contributed by atoms with Crippen LogP contribution in [0.15, 0.2) is 36.8 Å². The quantitative estimate of drug-likeness (QED) is 0.872. The third kappa shape index (κ3) is 2.17. The van der Waals surface area contributed by atoms with Crippen molar-refractivity contribution in [1.82, 2.24) is 13.9 Å². The van der Waals surface area contributed by atoms with Crippen molar-refractivity contribution in [3.63, 3.8) is 0 Å². The highest BCUT2D eigenvalue weighted by Gasteiger charge is 2.58. The van der Waals surface area contributed by atoms with Crippen molar-refractivity contribution < 1.29 is 13.5 Å². The molecular formula is C19H23N3O3S. The van der Waals surface area contributed by atoms with E-state index < -0.39 is 16.1 Å². The minimum absolute atomic E-state index is 0.122. The summed E-state index contributed by atoms with van der Waals surface area (Å²) in [7, 11) is -3.14. The summed E-state index contributed by atoms with van der Waals surface area (Å²) in [4.78, 5) is 4.31. The minimum atomic E-state index is -3.14. The predicted molar refractivity (Wildman–Crippen MR) is 98.0 cm³/mol. The van der Waals surface area contributed by atoms with Crippen molar-refractivity contribution in [1.29, 1.82) is 0 Å².